The highest BCUT2D eigenvalue weighted by Gasteiger charge is 2.17. The first-order valence-electron chi connectivity index (χ1n) is 7.08. The van der Waals surface area contributed by atoms with E-state index in [9.17, 15) is 0 Å². The molecule has 0 aliphatic carbocycles. The summed E-state index contributed by atoms with van der Waals surface area (Å²) in [6.07, 6.45) is 4.91. The maximum Gasteiger partial charge on any atom is 0.225 e. The Bertz CT molecular complexity index is 735. The summed E-state index contributed by atoms with van der Waals surface area (Å²) in [6, 6.07) is 12.8. The van der Waals surface area contributed by atoms with Crippen molar-refractivity contribution in [2.75, 3.05) is 11.4 Å². The minimum absolute atomic E-state index is 0.824. The average molecular weight is 293 g/mol. The Morgan fingerprint density at radius 2 is 1.76 bits per heavy atom. The lowest BCUT2D eigenvalue weighted by Crippen LogP contribution is -2.31. The van der Waals surface area contributed by atoms with Crippen LogP contribution in [0.3, 0.4) is 0 Å². The molecule has 0 fully saturated rings. The number of hydrogen-bond acceptors (Lipinski definition) is 4. The van der Waals surface area contributed by atoms with Gasteiger partial charge in [0.1, 0.15) is 0 Å². The number of aromatic nitrogens is 2. The molecule has 3 aromatic rings. The van der Waals surface area contributed by atoms with Crippen LogP contribution in [0.2, 0.25) is 0 Å². The fourth-order valence-electron chi connectivity index (χ4n) is 2.72. The molecule has 0 bridgehead atoms. The molecule has 0 spiro atoms. The number of benzene rings is 1. The predicted molar refractivity (Wildman–Crippen MR) is 86.5 cm³/mol. The second-order valence-electron chi connectivity index (χ2n) is 5.19. The Morgan fingerprint density at radius 1 is 0.952 bits per heavy atom. The zero-order chi connectivity index (χ0) is 14.1. The first-order valence-corrected chi connectivity index (χ1v) is 7.96. The van der Waals surface area contributed by atoms with E-state index in [4.69, 9.17) is 0 Å². The molecule has 0 unspecified atom stereocenters. The summed E-state index contributed by atoms with van der Waals surface area (Å²) in [7, 11) is 0. The lowest BCUT2D eigenvalue weighted by molar-refractivity contribution is 0.708. The van der Waals surface area contributed by atoms with E-state index in [1.165, 1.54) is 16.0 Å². The molecule has 3 heterocycles. The molecular formula is C17H15N3S. The minimum Gasteiger partial charge on any atom is -0.336 e. The van der Waals surface area contributed by atoms with Gasteiger partial charge in [-0.2, -0.15) is 0 Å². The monoisotopic (exact) mass is 293 g/mol. The minimum atomic E-state index is 0.824. The van der Waals surface area contributed by atoms with E-state index >= 15 is 0 Å². The predicted octanol–water partition coefficient (Wildman–Crippen LogP) is 3.77. The Labute approximate surface area is 127 Å². The summed E-state index contributed by atoms with van der Waals surface area (Å²) < 4.78 is 0. The van der Waals surface area contributed by atoms with Gasteiger partial charge in [-0.1, -0.05) is 30.3 Å². The number of nitrogens with zero attached hydrogens (tertiary/aromatic N) is 3. The molecule has 104 valence electrons. The van der Waals surface area contributed by atoms with Gasteiger partial charge < -0.3 is 4.90 Å². The quantitative estimate of drug-likeness (QED) is 0.720. The Hall–Kier alpha value is -2.20. The molecule has 2 aromatic heterocycles. The Balaban J connectivity index is 1.58. The molecule has 1 aliphatic heterocycles. The van der Waals surface area contributed by atoms with E-state index in [0.717, 1.165) is 31.0 Å². The van der Waals surface area contributed by atoms with Crippen molar-refractivity contribution in [3.8, 4) is 10.4 Å². The molecule has 3 nitrogen and oxygen atoms in total. The normalized spacial score (nSPS) is 14.0. The van der Waals surface area contributed by atoms with Crippen LogP contribution < -0.4 is 4.90 Å². The first-order chi connectivity index (χ1) is 10.4. The van der Waals surface area contributed by atoms with E-state index in [0.29, 0.717) is 0 Å². The zero-order valence-corrected chi connectivity index (χ0v) is 12.4. The van der Waals surface area contributed by atoms with Gasteiger partial charge in [0.05, 0.1) is 0 Å². The van der Waals surface area contributed by atoms with Crippen molar-refractivity contribution in [3.05, 3.63) is 65.3 Å². The van der Waals surface area contributed by atoms with Gasteiger partial charge in [0.15, 0.2) is 0 Å². The molecule has 0 N–H and O–H groups in total. The van der Waals surface area contributed by atoms with Gasteiger partial charge in [-0.05, 0) is 29.0 Å². The molecule has 0 saturated carbocycles. The van der Waals surface area contributed by atoms with Gasteiger partial charge in [0, 0.05) is 35.9 Å². The molecule has 1 aliphatic rings. The SMILES string of the molecule is c1csc(-c2cnc(N3CCc4ccccc4C3)nc2)c1. The topological polar surface area (TPSA) is 29.0 Å². The lowest BCUT2D eigenvalue weighted by Gasteiger charge is -2.28. The lowest BCUT2D eigenvalue weighted by atomic mass is 10.0. The van der Waals surface area contributed by atoms with Crippen LogP contribution in [-0.2, 0) is 13.0 Å². The smallest absolute Gasteiger partial charge is 0.225 e. The molecule has 4 rings (SSSR count). The highest BCUT2D eigenvalue weighted by molar-refractivity contribution is 7.13. The third-order valence-electron chi connectivity index (χ3n) is 3.86. The second-order valence-corrected chi connectivity index (χ2v) is 6.14. The molecule has 0 saturated heterocycles. The molecule has 0 amide bonds. The molecule has 4 heteroatoms. The maximum absolute atomic E-state index is 4.55. The fourth-order valence-corrected chi connectivity index (χ4v) is 3.42. The van der Waals surface area contributed by atoms with Crippen molar-refractivity contribution in [3.63, 3.8) is 0 Å². The summed E-state index contributed by atoms with van der Waals surface area (Å²) in [5.74, 6) is 0.824. The van der Waals surface area contributed by atoms with Crippen LogP contribution in [0.5, 0.6) is 0 Å². The summed E-state index contributed by atoms with van der Waals surface area (Å²) in [6.45, 7) is 1.88. The van der Waals surface area contributed by atoms with Crippen molar-refractivity contribution < 1.29 is 0 Å². The zero-order valence-electron chi connectivity index (χ0n) is 11.6. The van der Waals surface area contributed by atoms with Crippen molar-refractivity contribution in [1.82, 2.24) is 9.97 Å². The van der Waals surface area contributed by atoms with Crippen LogP contribution in [0.15, 0.2) is 54.2 Å². The Kier molecular flexibility index (Phi) is 3.16. The largest absolute Gasteiger partial charge is 0.336 e. The number of hydrogen-bond donors (Lipinski definition) is 0. The maximum atomic E-state index is 4.55. The molecule has 1 aromatic carbocycles. The molecule has 0 radical (unpaired) electrons. The van der Waals surface area contributed by atoms with E-state index in [-0.39, 0.29) is 0 Å². The van der Waals surface area contributed by atoms with Gasteiger partial charge in [0.25, 0.3) is 0 Å². The summed E-state index contributed by atoms with van der Waals surface area (Å²) in [5.41, 5.74) is 3.92. The van der Waals surface area contributed by atoms with Gasteiger partial charge in [-0.3, -0.25) is 0 Å². The third kappa shape index (κ3) is 2.43. The standard InChI is InChI=1S/C17H15N3S/c1-2-5-14-12-20(8-7-13(14)4-1)17-18-10-15(11-19-17)16-6-3-9-21-16/h1-6,9-11H,7-8,12H2. The van der Waals surface area contributed by atoms with Crippen molar-refractivity contribution in [1.29, 1.82) is 0 Å². The summed E-state index contributed by atoms with van der Waals surface area (Å²) >= 11 is 1.71. The van der Waals surface area contributed by atoms with Crippen LogP contribution in [-0.4, -0.2) is 16.5 Å². The second kappa shape index (κ2) is 5.30. The van der Waals surface area contributed by atoms with Gasteiger partial charge in [0.2, 0.25) is 5.95 Å². The van der Waals surface area contributed by atoms with Gasteiger partial charge in [-0.25, -0.2) is 9.97 Å². The third-order valence-corrected chi connectivity index (χ3v) is 4.78. The summed E-state index contributed by atoms with van der Waals surface area (Å²) in [5, 5.41) is 2.07. The van der Waals surface area contributed by atoms with Gasteiger partial charge in [-0.15, -0.1) is 11.3 Å². The average Bonchev–Trinajstić information content (AvgIpc) is 3.09. The van der Waals surface area contributed by atoms with E-state index in [1.54, 1.807) is 11.3 Å². The number of thiophene rings is 1. The van der Waals surface area contributed by atoms with Crippen LogP contribution >= 0.6 is 11.3 Å². The number of anilines is 1. The van der Waals surface area contributed by atoms with Crippen molar-refractivity contribution in [2.24, 2.45) is 0 Å². The number of fused-ring (bicyclic) bond motifs is 1. The van der Waals surface area contributed by atoms with Crippen LogP contribution in [0.4, 0.5) is 5.95 Å². The Morgan fingerprint density at radius 3 is 2.52 bits per heavy atom. The summed E-state index contributed by atoms with van der Waals surface area (Å²) in [4.78, 5) is 12.6. The first kappa shape index (κ1) is 12.5. The molecule has 21 heavy (non-hydrogen) atoms. The van der Waals surface area contributed by atoms with E-state index in [2.05, 4.69) is 56.6 Å². The fraction of sp³-hybridized carbons (Fsp3) is 0.176. The van der Waals surface area contributed by atoms with E-state index in [1.807, 2.05) is 12.4 Å². The highest BCUT2D eigenvalue weighted by Crippen LogP contribution is 2.25. The van der Waals surface area contributed by atoms with Crippen LogP contribution in [0, 0.1) is 0 Å². The van der Waals surface area contributed by atoms with Gasteiger partial charge >= 0.3 is 0 Å². The molecule has 0 atom stereocenters. The van der Waals surface area contributed by atoms with Crippen LogP contribution in [0.1, 0.15) is 11.1 Å². The van der Waals surface area contributed by atoms with E-state index < -0.39 is 0 Å². The van der Waals surface area contributed by atoms with Crippen molar-refractivity contribution >= 4 is 17.3 Å². The highest BCUT2D eigenvalue weighted by atomic mass is 32.1. The molecular weight excluding hydrogens is 278 g/mol. The van der Waals surface area contributed by atoms with Crippen LogP contribution in [0.25, 0.3) is 10.4 Å². The number of rotatable bonds is 2. The van der Waals surface area contributed by atoms with Crippen molar-refractivity contribution in [2.45, 2.75) is 13.0 Å².